The van der Waals surface area contributed by atoms with Crippen LogP contribution in [0.4, 0.5) is 0 Å². The molecule has 96 valence electrons. The van der Waals surface area contributed by atoms with E-state index in [2.05, 4.69) is 45.5 Å². The van der Waals surface area contributed by atoms with Crippen LogP contribution in [-0.2, 0) is 13.1 Å². The number of hydrogen-bond acceptors (Lipinski definition) is 2. The summed E-state index contributed by atoms with van der Waals surface area (Å²) in [5.41, 5.74) is 1.12. The number of halogens is 1. The maximum Gasteiger partial charge on any atom is 0.166 e. The molecular formula is C11H19BrN4S. The summed E-state index contributed by atoms with van der Waals surface area (Å²) in [7, 11) is 0. The highest BCUT2D eigenvalue weighted by Crippen LogP contribution is 2.15. The number of nitrogens with one attached hydrogen (secondary N) is 2. The molecule has 0 bridgehead atoms. The van der Waals surface area contributed by atoms with Crippen LogP contribution in [-0.4, -0.2) is 21.4 Å². The molecule has 0 fully saturated rings. The Kier molecular flexibility index (Phi) is 6.50. The molecule has 0 saturated heterocycles. The van der Waals surface area contributed by atoms with E-state index in [0.717, 1.165) is 29.7 Å². The zero-order valence-corrected chi connectivity index (χ0v) is 12.7. The highest BCUT2D eigenvalue weighted by Gasteiger charge is 2.07. The third-order valence-electron chi connectivity index (χ3n) is 2.43. The SMILES string of the molecule is CCCCNC(=S)NCc1c(Br)cnn1CC. The lowest BCUT2D eigenvalue weighted by molar-refractivity contribution is 0.610. The zero-order chi connectivity index (χ0) is 12.7. The number of hydrogen-bond donors (Lipinski definition) is 2. The Balaban J connectivity index is 2.39. The summed E-state index contributed by atoms with van der Waals surface area (Å²) in [5.74, 6) is 0. The highest BCUT2D eigenvalue weighted by atomic mass is 79.9. The first kappa shape index (κ1) is 14.4. The second-order valence-corrected chi connectivity index (χ2v) is 4.98. The van der Waals surface area contributed by atoms with Crippen molar-refractivity contribution in [3.05, 3.63) is 16.4 Å². The Labute approximate surface area is 116 Å². The van der Waals surface area contributed by atoms with Crippen molar-refractivity contribution < 1.29 is 0 Å². The van der Waals surface area contributed by atoms with Gasteiger partial charge in [-0.25, -0.2) is 0 Å². The molecule has 0 aliphatic heterocycles. The van der Waals surface area contributed by atoms with Crippen molar-refractivity contribution in [2.45, 2.75) is 39.8 Å². The van der Waals surface area contributed by atoms with E-state index in [1.807, 2.05) is 10.9 Å². The number of nitrogens with zero attached hydrogens (tertiary/aromatic N) is 2. The molecule has 1 rings (SSSR count). The normalized spacial score (nSPS) is 10.3. The van der Waals surface area contributed by atoms with Gasteiger partial charge in [-0.2, -0.15) is 5.10 Å². The molecule has 1 aromatic heterocycles. The summed E-state index contributed by atoms with van der Waals surface area (Å²) in [6.07, 6.45) is 4.12. The first-order valence-corrected chi connectivity index (χ1v) is 7.11. The van der Waals surface area contributed by atoms with Crippen molar-refractivity contribution in [2.24, 2.45) is 0 Å². The second kappa shape index (κ2) is 7.66. The van der Waals surface area contributed by atoms with Crippen molar-refractivity contribution in [3.8, 4) is 0 Å². The quantitative estimate of drug-likeness (QED) is 0.624. The molecule has 6 heteroatoms. The molecule has 0 aliphatic carbocycles. The fourth-order valence-electron chi connectivity index (χ4n) is 1.44. The average molecular weight is 319 g/mol. The molecule has 1 aromatic rings. The Morgan fingerprint density at radius 1 is 1.47 bits per heavy atom. The van der Waals surface area contributed by atoms with E-state index in [1.165, 1.54) is 6.42 Å². The number of aryl methyl sites for hydroxylation is 1. The Morgan fingerprint density at radius 3 is 2.88 bits per heavy atom. The van der Waals surface area contributed by atoms with E-state index in [9.17, 15) is 0 Å². The van der Waals surface area contributed by atoms with Gasteiger partial charge in [0, 0.05) is 13.1 Å². The zero-order valence-electron chi connectivity index (χ0n) is 10.3. The molecule has 0 aromatic carbocycles. The summed E-state index contributed by atoms with van der Waals surface area (Å²) in [6, 6.07) is 0. The van der Waals surface area contributed by atoms with Crippen molar-refractivity contribution >= 4 is 33.3 Å². The van der Waals surface area contributed by atoms with E-state index in [4.69, 9.17) is 12.2 Å². The van der Waals surface area contributed by atoms with E-state index in [0.29, 0.717) is 11.7 Å². The molecule has 2 N–H and O–H groups in total. The second-order valence-electron chi connectivity index (χ2n) is 3.72. The van der Waals surface area contributed by atoms with Crippen LogP contribution in [0.1, 0.15) is 32.4 Å². The minimum absolute atomic E-state index is 0.687. The van der Waals surface area contributed by atoms with Crippen LogP contribution < -0.4 is 10.6 Å². The summed E-state index contributed by atoms with van der Waals surface area (Å²) < 4.78 is 2.97. The molecule has 0 radical (unpaired) electrons. The van der Waals surface area contributed by atoms with Crippen molar-refractivity contribution in [2.75, 3.05) is 6.54 Å². The predicted octanol–water partition coefficient (Wildman–Crippen LogP) is 2.43. The van der Waals surface area contributed by atoms with E-state index >= 15 is 0 Å². The maximum atomic E-state index is 5.20. The Bertz CT molecular complexity index is 364. The van der Waals surface area contributed by atoms with E-state index in [-0.39, 0.29) is 0 Å². The number of aromatic nitrogens is 2. The molecule has 17 heavy (non-hydrogen) atoms. The van der Waals surface area contributed by atoms with Gasteiger partial charge in [0.1, 0.15) is 0 Å². The van der Waals surface area contributed by atoms with E-state index < -0.39 is 0 Å². The van der Waals surface area contributed by atoms with Crippen LogP contribution in [0.25, 0.3) is 0 Å². The van der Waals surface area contributed by atoms with Gasteiger partial charge in [-0.15, -0.1) is 0 Å². The van der Waals surface area contributed by atoms with Crippen molar-refractivity contribution in [1.29, 1.82) is 0 Å². The Morgan fingerprint density at radius 2 is 2.24 bits per heavy atom. The predicted molar refractivity (Wildman–Crippen MR) is 77.9 cm³/mol. The van der Waals surface area contributed by atoms with Crippen LogP contribution in [0.3, 0.4) is 0 Å². The lowest BCUT2D eigenvalue weighted by Crippen LogP contribution is -2.35. The third kappa shape index (κ3) is 4.63. The summed E-state index contributed by atoms with van der Waals surface area (Å²) in [5, 5.41) is 11.3. The summed E-state index contributed by atoms with van der Waals surface area (Å²) in [6.45, 7) is 6.71. The van der Waals surface area contributed by atoms with Crippen LogP contribution in [0, 0.1) is 0 Å². The van der Waals surface area contributed by atoms with Gasteiger partial charge in [-0.05, 0) is 41.5 Å². The molecule has 0 unspecified atom stereocenters. The fraction of sp³-hybridized carbons (Fsp3) is 0.636. The largest absolute Gasteiger partial charge is 0.363 e. The van der Waals surface area contributed by atoms with Gasteiger partial charge < -0.3 is 10.6 Å². The van der Waals surface area contributed by atoms with Crippen LogP contribution in [0.5, 0.6) is 0 Å². The molecule has 0 spiro atoms. The molecule has 0 amide bonds. The monoisotopic (exact) mass is 318 g/mol. The van der Waals surface area contributed by atoms with Gasteiger partial charge in [0.05, 0.1) is 22.9 Å². The smallest absolute Gasteiger partial charge is 0.166 e. The minimum atomic E-state index is 0.687. The van der Waals surface area contributed by atoms with Gasteiger partial charge in [0.25, 0.3) is 0 Å². The highest BCUT2D eigenvalue weighted by molar-refractivity contribution is 9.10. The number of rotatable bonds is 6. The number of thiocarbonyl (C=S) groups is 1. The molecule has 4 nitrogen and oxygen atoms in total. The first-order chi connectivity index (χ1) is 8.19. The Hall–Kier alpha value is -0.620. The van der Waals surface area contributed by atoms with Crippen molar-refractivity contribution in [3.63, 3.8) is 0 Å². The molecule has 0 saturated carbocycles. The topological polar surface area (TPSA) is 41.9 Å². The first-order valence-electron chi connectivity index (χ1n) is 5.90. The lowest BCUT2D eigenvalue weighted by Gasteiger charge is -2.11. The third-order valence-corrected chi connectivity index (χ3v) is 3.38. The van der Waals surface area contributed by atoms with Gasteiger partial charge in [0.2, 0.25) is 0 Å². The van der Waals surface area contributed by atoms with Gasteiger partial charge in [-0.3, -0.25) is 4.68 Å². The molecule has 0 aliphatic rings. The molecule has 1 heterocycles. The van der Waals surface area contributed by atoms with Crippen LogP contribution in [0.2, 0.25) is 0 Å². The summed E-state index contributed by atoms with van der Waals surface area (Å²) >= 11 is 8.68. The van der Waals surface area contributed by atoms with Crippen molar-refractivity contribution in [1.82, 2.24) is 20.4 Å². The minimum Gasteiger partial charge on any atom is -0.363 e. The van der Waals surface area contributed by atoms with Crippen LogP contribution in [0.15, 0.2) is 10.7 Å². The van der Waals surface area contributed by atoms with E-state index in [1.54, 1.807) is 0 Å². The standard InChI is InChI=1S/C11H19BrN4S/c1-3-5-6-13-11(17)14-8-10-9(12)7-15-16(10)4-2/h7H,3-6,8H2,1-2H3,(H2,13,14,17). The summed E-state index contributed by atoms with van der Waals surface area (Å²) in [4.78, 5) is 0. The van der Waals surface area contributed by atoms with Gasteiger partial charge in [-0.1, -0.05) is 13.3 Å². The molecular weight excluding hydrogens is 300 g/mol. The van der Waals surface area contributed by atoms with Gasteiger partial charge in [0.15, 0.2) is 5.11 Å². The fourth-order valence-corrected chi connectivity index (χ4v) is 2.05. The average Bonchev–Trinajstić information content (AvgIpc) is 2.67. The maximum absolute atomic E-state index is 5.20. The number of unbranched alkanes of at least 4 members (excludes halogenated alkanes) is 1. The molecule has 0 atom stereocenters. The van der Waals surface area contributed by atoms with Crippen LogP contribution >= 0.6 is 28.1 Å². The van der Waals surface area contributed by atoms with Gasteiger partial charge >= 0.3 is 0 Å². The lowest BCUT2D eigenvalue weighted by atomic mass is 10.3.